The molecule has 1 aliphatic rings. The summed E-state index contributed by atoms with van der Waals surface area (Å²) in [6.45, 7) is 4.43. The molecule has 1 unspecified atom stereocenters. The van der Waals surface area contributed by atoms with Gasteiger partial charge in [0.25, 0.3) is 0 Å². The lowest BCUT2D eigenvalue weighted by Gasteiger charge is -2.39. The zero-order valence-corrected chi connectivity index (χ0v) is 14.5. The van der Waals surface area contributed by atoms with Gasteiger partial charge in [-0.3, -0.25) is 14.6 Å². The van der Waals surface area contributed by atoms with E-state index in [2.05, 4.69) is 54.3 Å². The van der Waals surface area contributed by atoms with Crippen LogP contribution in [0.2, 0.25) is 0 Å². The summed E-state index contributed by atoms with van der Waals surface area (Å²) in [7, 11) is 1.92. The molecule has 128 valence electrons. The fraction of sp³-hybridized carbons (Fsp3) is 0.450. The SMILES string of the molecule is CC(c1ccc2ccccc2c1)N1CCC(N(C)CC(=O)O)CC1. The average Bonchev–Trinajstić information content (AvgIpc) is 2.60. The number of benzene rings is 2. The van der Waals surface area contributed by atoms with Gasteiger partial charge in [-0.15, -0.1) is 0 Å². The van der Waals surface area contributed by atoms with E-state index in [1.807, 2.05) is 11.9 Å². The number of piperidine rings is 1. The summed E-state index contributed by atoms with van der Waals surface area (Å²) in [5.74, 6) is -0.746. The third-order valence-corrected chi connectivity index (χ3v) is 5.31. The van der Waals surface area contributed by atoms with E-state index < -0.39 is 5.97 Å². The van der Waals surface area contributed by atoms with Crippen molar-refractivity contribution in [1.29, 1.82) is 0 Å². The van der Waals surface area contributed by atoms with Crippen molar-refractivity contribution in [2.75, 3.05) is 26.7 Å². The van der Waals surface area contributed by atoms with Gasteiger partial charge in [-0.25, -0.2) is 0 Å². The van der Waals surface area contributed by atoms with Gasteiger partial charge in [0.2, 0.25) is 0 Å². The number of aliphatic carboxylic acids is 1. The van der Waals surface area contributed by atoms with Crippen molar-refractivity contribution < 1.29 is 9.90 Å². The quantitative estimate of drug-likeness (QED) is 0.915. The van der Waals surface area contributed by atoms with Gasteiger partial charge in [0.1, 0.15) is 0 Å². The Hall–Kier alpha value is -1.91. The molecule has 0 amide bonds. The van der Waals surface area contributed by atoms with Crippen LogP contribution in [0.25, 0.3) is 10.8 Å². The van der Waals surface area contributed by atoms with Gasteiger partial charge in [0.05, 0.1) is 6.54 Å². The van der Waals surface area contributed by atoms with Crippen molar-refractivity contribution in [1.82, 2.24) is 9.80 Å². The van der Waals surface area contributed by atoms with E-state index >= 15 is 0 Å². The summed E-state index contributed by atoms with van der Waals surface area (Å²) in [5, 5.41) is 11.5. The molecule has 1 saturated heterocycles. The number of likely N-dealkylation sites (tertiary alicyclic amines) is 1. The summed E-state index contributed by atoms with van der Waals surface area (Å²) in [6.07, 6.45) is 2.06. The highest BCUT2D eigenvalue weighted by molar-refractivity contribution is 5.83. The standard InChI is InChI=1S/C20H26N2O2/c1-15(17-8-7-16-5-3-4-6-18(16)13-17)22-11-9-19(10-12-22)21(2)14-20(23)24/h3-8,13,15,19H,9-12,14H2,1-2H3,(H,23,24). The lowest BCUT2D eigenvalue weighted by Crippen LogP contribution is -2.45. The van der Waals surface area contributed by atoms with Gasteiger partial charge in [-0.05, 0) is 49.2 Å². The molecular formula is C20H26N2O2. The molecule has 1 atom stereocenters. The molecule has 4 heteroatoms. The highest BCUT2D eigenvalue weighted by atomic mass is 16.4. The number of carbonyl (C=O) groups is 1. The third kappa shape index (κ3) is 3.77. The van der Waals surface area contributed by atoms with Crippen LogP contribution in [0, 0.1) is 0 Å². The first-order valence-electron chi connectivity index (χ1n) is 8.69. The van der Waals surface area contributed by atoms with Gasteiger partial charge in [0, 0.05) is 25.2 Å². The Morgan fingerprint density at radius 3 is 2.54 bits per heavy atom. The number of rotatable bonds is 5. The number of hydrogen-bond donors (Lipinski definition) is 1. The van der Waals surface area contributed by atoms with Crippen molar-refractivity contribution in [2.45, 2.75) is 31.8 Å². The van der Waals surface area contributed by atoms with E-state index in [9.17, 15) is 4.79 Å². The predicted octanol–water partition coefficient (Wildman–Crippen LogP) is 3.38. The average molecular weight is 326 g/mol. The van der Waals surface area contributed by atoms with E-state index in [0.29, 0.717) is 12.1 Å². The van der Waals surface area contributed by atoms with Crippen LogP contribution in [0.5, 0.6) is 0 Å². The number of nitrogens with zero attached hydrogens (tertiary/aromatic N) is 2. The molecule has 1 N–H and O–H groups in total. The number of fused-ring (bicyclic) bond motifs is 1. The molecule has 2 aromatic carbocycles. The molecule has 1 heterocycles. The van der Waals surface area contributed by atoms with Gasteiger partial charge < -0.3 is 5.11 Å². The Morgan fingerprint density at radius 1 is 1.21 bits per heavy atom. The lowest BCUT2D eigenvalue weighted by molar-refractivity contribution is -0.138. The lowest BCUT2D eigenvalue weighted by atomic mass is 9.97. The summed E-state index contributed by atoms with van der Waals surface area (Å²) >= 11 is 0. The minimum atomic E-state index is -0.746. The van der Waals surface area contributed by atoms with Gasteiger partial charge >= 0.3 is 5.97 Å². The van der Waals surface area contributed by atoms with Crippen LogP contribution in [0.1, 0.15) is 31.4 Å². The van der Waals surface area contributed by atoms with E-state index in [-0.39, 0.29) is 6.54 Å². The van der Waals surface area contributed by atoms with Crippen molar-refractivity contribution in [3.63, 3.8) is 0 Å². The predicted molar refractivity (Wildman–Crippen MR) is 97.2 cm³/mol. The summed E-state index contributed by atoms with van der Waals surface area (Å²) in [6, 6.07) is 16.0. The Labute approximate surface area is 143 Å². The fourth-order valence-electron chi connectivity index (χ4n) is 3.73. The maximum Gasteiger partial charge on any atom is 0.317 e. The number of carboxylic acids is 1. The molecule has 0 spiro atoms. The molecule has 3 rings (SSSR count). The molecule has 0 aliphatic carbocycles. The Balaban J connectivity index is 1.63. The van der Waals surface area contributed by atoms with E-state index in [0.717, 1.165) is 25.9 Å². The number of carboxylic acid groups (broad SMARTS) is 1. The first-order chi connectivity index (χ1) is 11.5. The van der Waals surface area contributed by atoms with Crippen LogP contribution < -0.4 is 0 Å². The van der Waals surface area contributed by atoms with Crippen molar-refractivity contribution in [3.05, 3.63) is 48.0 Å². The first-order valence-corrected chi connectivity index (χ1v) is 8.69. The Kier molecular flexibility index (Phi) is 5.17. The Morgan fingerprint density at radius 2 is 1.88 bits per heavy atom. The van der Waals surface area contributed by atoms with Crippen LogP contribution in [-0.2, 0) is 4.79 Å². The van der Waals surface area contributed by atoms with Crippen molar-refractivity contribution in [3.8, 4) is 0 Å². The zero-order valence-electron chi connectivity index (χ0n) is 14.5. The molecule has 1 fully saturated rings. The minimum absolute atomic E-state index is 0.130. The summed E-state index contributed by atoms with van der Waals surface area (Å²) in [5.41, 5.74) is 1.35. The van der Waals surface area contributed by atoms with Gasteiger partial charge in [-0.2, -0.15) is 0 Å². The van der Waals surface area contributed by atoms with Crippen LogP contribution >= 0.6 is 0 Å². The molecule has 0 radical (unpaired) electrons. The highest BCUT2D eigenvalue weighted by Crippen LogP contribution is 2.27. The van der Waals surface area contributed by atoms with E-state index in [1.54, 1.807) is 0 Å². The maximum atomic E-state index is 10.9. The molecule has 4 nitrogen and oxygen atoms in total. The van der Waals surface area contributed by atoms with Crippen molar-refractivity contribution >= 4 is 16.7 Å². The van der Waals surface area contributed by atoms with E-state index in [1.165, 1.54) is 16.3 Å². The highest BCUT2D eigenvalue weighted by Gasteiger charge is 2.26. The van der Waals surface area contributed by atoms with Gasteiger partial charge in [-0.1, -0.05) is 36.4 Å². The second kappa shape index (κ2) is 7.32. The minimum Gasteiger partial charge on any atom is -0.480 e. The fourth-order valence-corrected chi connectivity index (χ4v) is 3.73. The topological polar surface area (TPSA) is 43.8 Å². The normalized spacial score (nSPS) is 18.1. The first kappa shape index (κ1) is 16.9. The number of likely N-dealkylation sites (N-methyl/N-ethyl adjacent to an activating group) is 1. The molecule has 0 bridgehead atoms. The van der Waals surface area contributed by atoms with Crippen LogP contribution in [-0.4, -0.2) is 53.6 Å². The monoisotopic (exact) mass is 326 g/mol. The number of hydrogen-bond acceptors (Lipinski definition) is 3. The van der Waals surface area contributed by atoms with Crippen LogP contribution in [0.3, 0.4) is 0 Å². The third-order valence-electron chi connectivity index (χ3n) is 5.31. The second-order valence-corrected chi connectivity index (χ2v) is 6.86. The Bertz CT molecular complexity index is 708. The molecular weight excluding hydrogens is 300 g/mol. The summed E-state index contributed by atoms with van der Waals surface area (Å²) < 4.78 is 0. The molecule has 1 aliphatic heterocycles. The van der Waals surface area contributed by atoms with E-state index in [4.69, 9.17) is 5.11 Å². The molecule has 0 saturated carbocycles. The second-order valence-electron chi connectivity index (χ2n) is 6.86. The largest absolute Gasteiger partial charge is 0.480 e. The van der Waals surface area contributed by atoms with Gasteiger partial charge in [0.15, 0.2) is 0 Å². The smallest absolute Gasteiger partial charge is 0.317 e. The summed E-state index contributed by atoms with van der Waals surface area (Å²) in [4.78, 5) is 15.3. The van der Waals surface area contributed by atoms with Crippen LogP contribution in [0.15, 0.2) is 42.5 Å². The van der Waals surface area contributed by atoms with Crippen LogP contribution in [0.4, 0.5) is 0 Å². The molecule has 2 aromatic rings. The van der Waals surface area contributed by atoms with Crippen molar-refractivity contribution in [2.24, 2.45) is 0 Å². The zero-order chi connectivity index (χ0) is 17.1. The molecule has 24 heavy (non-hydrogen) atoms. The maximum absolute atomic E-state index is 10.9. The molecule has 0 aromatic heterocycles.